The summed E-state index contributed by atoms with van der Waals surface area (Å²) in [5, 5.41) is 1.61. The summed E-state index contributed by atoms with van der Waals surface area (Å²) in [5.41, 5.74) is 5.99. The Morgan fingerprint density at radius 3 is 2.95 bits per heavy atom. The van der Waals surface area contributed by atoms with Crippen LogP contribution in [0, 0.1) is 0 Å². The van der Waals surface area contributed by atoms with Gasteiger partial charge in [0.2, 0.25) is 0 Å². The number of fused-ring (bicyclic) bond motifs is 1. The van der Waals surface area contributed by atoms with Crippen molar-refractivity contribution in [2.75, 3.05) is 12.3 Å². The summed E-state index contributed by atoms with van der Waals surface area (Å²) in [4.78, 5) is 12.5. The maximum atomic E-state index is 12.5. The van der Waals surface area contributed by atoms with Crippen LogP contribution < -0.4 is 11.3 Å². The van der Waals surface area contributed by atoms with Crippen LogP contribution >= 0.6 is 0 Å². The minimum atomic E-state index is -0.0234. The van der Waals surface area contributed by atoms with Crippen molar-refractivity contribution in [2.45, 2.75) is 31.9 Å². The Hall–Kier alpha value is -1.81. The molecule has 1 aliphatic rings. The van der Waals surface area contributed by atoms with E-state index in [2.05, 4.69) is 0 Å². The van der Waals surface area contributed by atoms with E-state index in [9.17, 15) is 4.79 Å². The molecule has 1 unspecified atom stereocenters. The Kier molecular flexibility index (Phi) is 3.25. The summed E-state index contributed by atoms with van der Waals surface area (Å²) in [6, 6.07) is 9.40. The fraction of sp³-hybridized carbons (Fsp3) is 0.400. The number of aromatic nitrogens is 1. The molecule has 100 valence electrons. The number of hydrogen-bond donors (Lipinski definition) is 1. The van der Waals surface area contributed by atoms with Crippen LogP contribution in [0.1, 0.15) is 19.3 Å². The van der Waals surface area contributed by atoms with E-state index in [1.807, 2.05) is 30.3 Å². The average Bonchev–Trinajstić information content (AvgIpc) is 2.45. The number of nitrogens with zero attached hydrogens (tertiary/aromatic N) is 1. The maximum absolute atomic E-state index is 12.5. The van der Waals surface area contributed by atoms with Crippen LogP contribution in [0.5, 0.6) is 0 Å². The number of ether oxygens (including phenoxy) is 1. The SMILES string of the molecule is Nc1cc2ccccc2c(=O)n1CC1CCCCO1. The molecule has 1 aliphatic heterocycles. The zero-order chi connectivity index (χ0) is 13.2. The molecule has 0 radical (unpaired) electrons. The van der Waals surface area contributed by atoms with Crippen molar-refractivity contribution in [1.82, 2.24) is 4.57 Å². The third-order valence-electron chi connectivity index (χ3n) is 3.71. The van der Waals surface area contributed by atoms with E-state index in [1.54, 1.807) is 4.57 Å². The van der Waals surface area contributed by atoms with Gasteiger partial charge in [0.1, 0.15) is 5.82 Å². The molecule has 0 aliphatic carbocycles. The number of pyridine rings is 1. The first kappa shape index (κ1) is 12.2. The first-order valence-electron chi connectivity index (χ1n) is 6.75. The van der Waals surface area contributed by atoms with E-state index in [1.165, 1.54) is 0 Å². The number of rotatable bonds is 2. The van der Waals surface area contributed by atoms with Crippen molar-refractivity contribution < 1.29 is 4.74 Å². The van der Waals surface area contributed by atoms with Crippen molar-refractivity contribution in [2.24, 2.45) is 0 Å². The predicted octanol–water partition coefficient (Wildman–Crippen LogP) is 2.15. The van der Waals surface area contributed by atoms with Gasteiger partial charge >= 0.3 is 0 Å². The van der Waals surface area contributed by atoms with Gasteiger partial charge in [-0.1, -0.05) is 18.2 Å². The van der Waals surface area contributed by atoms with Gasteiger partial charge in [-0.3, -0.25) is 9.36 Å². The lowest BCUT2D eigenvalue weighted by Crippen LogP contribution is -2.32. The summed E-state index contributed by atoms with van der Waals surface area (Å²) in [6.45, 7) is 1.34. The van der Waals surface area contributed by atoms with E-state index < -0.39 is 0 Å². The van der Waals surface area contributed by atoms with Crippen LogP contribution in [0.15, 0.2) is 35.1 Å². The number of benzene rings is 1. The summed E-state index contributed by atoms with van der Waals surface area (Å²) in [5.74, 6) is 0.512. The van der Waals surface area contributed by atoms with Gasteiger partial charge in [0.15, 0.2) is 0 Å². The number of hydrogen-bond acceptors (Lipinski definition) is 3. The molecule has 0 saturated carbocycles. The summed E-state index contributed by atoms with van der Waals surface area (Å²) < 4.78 is 7.33. The molecule has 1 aromatic carbocycles. The first-order chi connectivity index (χ1) is 9.25. The highest BCUT2D eigenvalue weighted by atomic mass is 16.5. The van der Waals surface area contributed by atoms with E-state index in [0.717, 1.165) is 31.3 Å². The van der Waals surface area contributed by atoms with Crippen molar-refractivity contribution in [3.8, 4) is 0 Å². The molecule has 19 heavy (non-hydrogen) atoms. The van der Waals surface area contributed by atoms with Gasteiger partial charge in [0.05, 0.1) is 12.6 Å². The van der Waals surface area contributed by atoms with E-state index >= 15 is 0 Å². The second-order valence-electron chi connectivity index (χ2n) is 5.06. The minimum Gasteiger partial charge on any atom is -0.385 e. The van der Waals surface area contributed by atoms with Crippen LogP contribution in [0.4, 0.5) is 5.82 Å². The minimum absolute atomic E-state index is 0.0234. The molecular weight excluding hydrogens is 240 g/mol. The van der Waals surface area contributed by atoms with Gasteiger partial charge in [0, 0.05) is 12.0 Å². The van der Waals surface area contributed by atoms with Crippen LogP contribution in [-0.2, 0) is 11.3 Å². The largest absolute Gasteiger partial charge is 0.385 e. The Morgan fingerprint density at radius 1 is 1.32 bits per heavy atom. The van der Waals surface area contributed by atoms with Gasteiger partial charge in [-0.15, -0.1) is 0 Å². The zero-order valence-electron chi connectivity index (χ0n) is 10.8. The fourth-order valence-corrected chi connectivity index (χ4v) is 2.66. The summed E-state index contributed by atoms with van der Waals surface area (Å²) in [6.07, 6.45) is 3.37. The highest BCUT2D eigenvalue weighted by Gasteiger charge is 2.17. The molecular formula is C15H18N2O2. The smallest absolute Gasteiger partial charge is 0.260 e. The molecule has 4 heteroatoms. The summed E-state index contributed by atoms with van der Waals surface area (Å²) >= 11 is 0. The van der Waals surface area contributed by atoms with E-state index in [4.69, 9.17) is 10.5 Å². The Morgan fingerprint density at radius 2 is 2.16 bits per heavy atom. The van der Waals surface area contributed by atoms with Gasteiger partial charge < -0.3 is 10.5 Å². The van der Waals surface area contributed by atoms with Crippen molar-refractivity contribution in [3.05, 3.63) is 40.7 Å². The van der Waals surface area contributed by atoms with E-state index in [-0.39, 0.29) is 11.7 Å². The van der Waals surface area contributed by atoms with Crippen molar-refractivity contribution in [1.29, 1.82) is 0 Å². The molecule has 1 aromatic heterocycles. The van der Waals surface area contributed by atoms with Crippen LogP contribution in [0.25, 0.3) is 10.8 Å². The lowest BCUT2D eigenvalue weighted by molar-refractivity contribution is 0.00587. The molecule has 2 heterocycles. The second-order valence-corrected chi connectivity index (χ2v) is 5.06. The molecule has 3 rings (SSSR count). The first-order valence-corrected chi connectivity index (χ1v) is 6.75. The Bertz CT molecular complexity index is 642. The van der Waals surface area contributed by atoms with Crippen molar-refractivity contribution in [3.63, 3.8) is 0 Å². The lowest BCUT2D eigenvalue weighted by atomic mass is 10.1. The molecule has 0 bridgehead atoms. The molecule has 2 aromatic rings. The van der Waals surface area contributed by atoms with E-state index in [0.29, 0.717) is 17.7 Å². The number of nitrogens with two attached hydrogens (primary N) is 1. The van der Waals surface area contributed by atoms with Crippen molar-refractivity contribution >= 4 is 16.6 Å². The fourth-order valence-electron chi connectivity index (χ4n) is 2.66. The zero-order valence-corrected chi connectivity index (χ0v) is 10.8. The predicted molar refractivity (Wildman–Crippen MR) is 76.2 cm³/mol. The maximum Gasteiger partial charge on any atom is 0.260 e. The molecule has 4 nitrogen and oxygen atoms in total. The number of nitrogen functional groups attached to an aromatic ring is 1. The second kappa shape index (κ2) is 5.05. The Labute approximate surface area is 111 Å². The molecule has 0 spiro atoms. The van der Waals surface area contributed by atoms with Gasteiger partial charge in [-0.2, -0.15) is 0 Å². The monoisotopic (exact) mass is 258 g/mol. The highest BCUT2D eigenvalue weighted by Crippen LogP contribution is 2.17. The van der Waals surface area contributed by atoms with Gasteiger partial charge in [-0.05, 0) is 36.8 Å². The van der Waals surface area contributed by atoms with Gasteiger partial charge in [-0.25, -0.2) is 0 Å². The normalized spacial score (nSPS) is 19.7. The third-order valence-corrected chi connectivity index (χ3v) is 3.71. The molecule has 0 amide bonds. The van der Waals surface area contributed by atoms with Gasteiger partial charge in [0.25, 0.3) is 5.56 Å². The topological polar surface area (TPSA) is 57.2 Å². The standard InChI is InChI=1S/C15H18N2O2/c16-14-9-11-5-1-2-7-13(11)15(18)17(14)10-12-6-3-4-8-19-12/h1-2,5,7,9,12H,3-4,6,8,10,16H2. The van der Waals surface area contributed by atoms with Crippen LogP contribution in [0.3, 0.4) is 0 Å². The quantitative estimate of drug-likeness (QED) is 0.898. The molecule has 2 N–H and O–H groups in total. The Balaban J connectivity index is 2.00. The third kappa shape index (κ3) is 2.36. The molecule has 1 fully saturated rings. The lowest BCUT2D eigenvalue weighted by Gasteiger charge is -2.24. The van der Waals surface area contributed by atoms with Crippen LogP contribution in [-0.4, -0.2) is 17.3 Å². The average molecular weight is 258 g/mol. The molecule has 1 atom stereocenters. The van der Waals surface area contributed by atoms with Crippen LogP contribution in [0.2, 0.25) is 0 Å². The molecule has 1 saturated heterocycles. The highest BCUT2D eigenvalue weighted by molar-refractivity contribution is 5.83. The summed E-state index contributed by atoms with van der Waals surface area (Å²) in [7, 11) is 0. The number of anilines is 1.